The number of likely N-dealkylation sites (N-methyl/N-ethyl adjacent to an activating group) is 1. The second kappa shape index (κ2) is 5.91. The van der Waals surface area contributed by atoms with Crippen LogP contribution in [0, 0.1) is 0 Å². The van der Waals surface area contributed by atoms with Crippen LogP contribution in [-0.2, 0) is 9.47 Å². The molecule has 2 aliphatic rings. The minimum absolute atomic E-state index is 0.0253. The van der Waals surface area contributed by atoms with Crippen molar-refractivity contribution in [3.05, 3.63) is 35.4 Å². The fourth-order valence-electron chi connectivity index (χ4n) is 3.47. The highest BCUT2D eigenvalue weighted by molar-refractivity contribution is 5.78. The minimum Gasteiger partial charge on any atom is -0.497 e. The van der Waals surface area contributed by atoms with Gasteiger partial charge in [0.2, 0.25) is 6.23 Å². The molecular weight excluding hydrogens is 294 g/mol. The van der Waals surface area contributed by atoms with Crippen LogP contribution in [0.4, 0.5) is 5.69 Å². The molecule has 3 atom stereocenters. The van der Waals surface area contributed by atoms with Crippen LogP contribution in [0.1, 0.15) is 18.9 Å². The molecule has 0 saturated carbocycles. The molecular formula is C18H24NO4+. The van der Waals surface area contributed by atoms with Gasteiger partial charge in [-0.3, -0.25) is 4.90 Å². The van der Waals surface area contributed by atoms with E-state index in [0.29, 0.717) is 0 Å². The standard InChI is InChI=1S/C18H23NO4/c1-10(2)14-9-13-17(22-6)12-7-11(20-4)8-15(21-5)16(12)19(3)18(13)23-14/h7-8,14,18H,1,9H2,2-6H3/p+1. The molecule has 5 nitrogen and oxygen atoms in total. The molecule has 3 rings (SSSR count). The summed E-state index contributed by atoms with van der Waals surface area (Å²) in [4.78, 5) is 1.14. The van der Waals surface area contributed by atoms with Crippen molar-refractivity contribution < 1.29 is 23.8 Å². The maximum atomic E-state index is 6.22. The second-order valence-corrected chi connectivity index (χ2v) is 6.05. The highest BCUT2D eigenvalue weighted by Crippen LogP contribution is 2.43. The van der Waals surface area contributed by atoms with Crippen molar-refractivity contribution in [1.29, 1.82) is 0 Å². The highest BCUT2D eigenvalue weighted by atomic mass is 16.5. The van der Waals surface area contributed by atoms with E-state index in [-0.39, 0.29) is 12.3 Å². The predicted octanol–water partition coefficient (Wildman–Crippen LogP) is 1.91. The van der Waals surface area contributed by atoms with E-state index < -0.39 is 0 Å². The van der Waals surface area contributed by atoms with Crippen molar-refractivity contribution in [1.82, 2.24) is 0 Å². The lowest BCUT2D eigenvalue weighted by Gasteiger charge is -2.30. The summed E-state index contributed by atoms with van der Waals surface area (Å²) >= 11 is 0. The lowest BCUT2D eigenvalue weighted by Crippen LogP contribution is -3.09. The summed E-state index contributed by atoms with van der Waals surface area (Å²) in [6, 6.07) is 3.89. The lowest BCUT2D eigenvalue weighted by atomic mass is 9.95. The summed E-state index contributed by atoms with van der Waals surface area (Å²) in [5.74, 6) is 2.38. The fourth-order valence-corrected chi connectivity index (χ4v) is 3.47. The number of benzene rings is 1. The van der Waals surface area contributed by atoms with E-state index in [1.165, 1.54) is 5.57 Å². The summed E-state index contributed by atoms with van der Waals surface area (Å²) < 4.78 is 23.0. The average Bonchev–Trinajstić information content (AvgIpc) is 2.99. The van der Waals surface area contributed by atoms with Gasteiger partial charge in [-0.15, -0.1) is 0 Å². The lowest BCUT2D eigenvalue weighted by molar-refractivity contribution is -0.859. The maximum absolute atomic E-state index is 6.22. The van der Waals surface area contributed by atoms with Crippen LogP contribution in [0.5, 0.6) is 11.5 Å². The molecule has 2 heterocycles. The van der Waals surface area contributed by atoms with Gasteiger partial charge >= 0.3 is 0 Å². The minimum atomic E-state index is -0.0820. The number of quaternary nitrogens is 1. The number of fused-ring (bicyclic) bond motifs is 2. The Kier molecular flexibility index (Phi) is 4.08. The Morgan fingerprint density at radius 1 is 1.22 bits per heavy atom. The van der Waals surface area contributed by atoms with Gasteiger partial charge in [0, 0.05) is 12.5 Å². The first-order valence-electron chi connectivity index (χ1n) is 7.69. The first kappa shape index (κ1) is 15.9. The number of hydrogen-bond acceptors (Lipinski definition) is 4. The monoisotopic (exact) mass is 318 g/mol. The zero-order valence-corrected chi connectivity index (χ0v) is 14.4. The Bertz CT molecular complexity index is 680. The molecule has 1 saturated heterocycles. The van der Waals surface area contributed by atoms with Crippen LogP contribution in [0.3, 0.4) is 0 Å². The maximum Gasteiger partial charge on any atom is 0.223 e. The number of rotatable bonds is 4. The van der Waals surface area contributed by atoms with Crippen LogP contribution < -0.4 is 14.4 Å². The van der Waals surface area contributed by atoms with E-state index in [4.69, 9.17) is 18.9 Å². The highest BCUT2D eigenvalue weighted by Gasteiger charge is 2.46. The normalized spacial score (nSPS) is 25.7. The van der Waals surface area contributed by atoms with E-state index in [0.717, 1.165) is 45.4 Å². The van der Waals surface area contributed by atoms with E-state index in [1.807, 2.05) is 19.1 Å². The third-order valence-electron chi connectivity index (χ3n) is 4.63. The largest absolute Gasteiger partial charge is 0.497 e. The van der Waals surface area contributed by atoms with Crippen LogP contribution in [0.15, 0.2) is 29.9 Å². The molecule has 23 heavy (non-hydrogen) atoms. The zero-order chi connectivity index (χ0) is 16.7. The van der Waals surface area contributed by atoms with Crippen LogP contribution in [0.25, 0.3) is 5.76 Å². The molecule has 0 aromatic heterocycles. The molecule has 3 unspecified atom stereocenters. The number of hydrogen-bond donors (Lipinski definition) is 1. The fraction of sp³-hybridized carbons (Fsp3) is 0.444. The van der Waals surface area contributed by atoms with Crippen molar-refractivity contribution >= 4 is 11.4 Å². The third-order valence-corrected chi connectivity index (χ3v) is 4.63. The van der Waals surface area contributed by atoms with Gasteiger partial charge in [-0.05, 0) is 13.0 Å². The molecule has 1 aromatic rings. The Balaban J connectivity index is 2.19. The number of methoxy groups -OCH3 is 3. The molecule has 0 amide bonds. The Hall–Kier alpha value is -1.98. The molecule has 1 fully saturated rings. The van der Waals surface area contributed by atoms with E-state index in [1.54, 1.807) is 21.3 Å². The SMILES string of the molecule is C=C(C)C1CC2=C(OC)c3cc(OC)cc(OC)c3[NH+](C)C2O1. The predicted molar refractivity (Wildman–Crippen MR) is 88.1 cm³/mol. The van der Waals surface area contributed by atoms with Gasteiger partial charge in [0.25, 0.3) is 0 Å². The first-order chi connectivity index (χ1) is 11.0. The molecule has 2 aliphatic heterocycles. The quantitative estimate of drug-likeness (QED) is 0.861. The third kappa shape index (κ3) is 2.40. The van der Waals surface area contributed by atoms with Crippen molar-refractivity contribution in [2.45, 2.75) is 25.7 Å². The Labute approximate surface area is 137 Å². The molecule has 0 bridgehead atoms. The van der Waals surface area contributed by atoms with Gasteiger partial charge in [-0.1, -0.05) is 12.2 Å². The van der Waals surface area contributed by atoms with Gasteiger partial charge in [0.15, 0.2) is 11.4 Å². The molecule has 0 radical (unpaired) electrons. The summed E-state index contributed by atoms with van der Waals surface area (Å²) in [5, 5.41) is 0. The van der Waals surface area contributed by atoms with Gasteiger partial charge in [0.1, 0.15) is 11.5 Å². The van der Waals surface area contributed by atoms with E-state index >= 15 is 0 Å². The summed E-state index contributed by atoms with van der Waals surface area (Å²) in [6.07, 6.45) is 0.748. The topological polar surface area (TPSA) is 41.4 Å². The van der Waals surface area contributed by atoms with Gasteiger partial charge in [-0.2, -0.15) is 0 Å². The number of ether oxygens (including phenoxy) is 4. The van der Waals surface area contributed by atoms with Crippen molar-refractivity contribution in [2.75, 3.05) is 28.4 Å². The van der Waals surface area contributed by atoms with Crippen molar-refractivity contribution in [2.24, 2.45) is 0 Å². The van der Waals surface area contributed by atoms with Gasteiger partial charge in [0.05, 0.1) is 45.6 Å². The van der Waals surface area contributed by atoms with Crippen LogP contribution >= 0.6 is 0 Å². The Morgan fingerprint density at radius 2 is 1.96 bits per heavy atom. The molecule has 1 N–H and O–H groups in total. The average molecular weight is 318 g/mol. The Morgan fingerprint density at radius 3 is 2.52 bits per heavy atom. The molecule has 1 aromatic carbocycles. The first-order valence-corrected chi connectivity index (χ1v) is 7.69. The molecule has 0 aliphatic carbocycles. The summed E-state index contributed by atoms with van der Waals surface area (Å²) in [7, 11) is 7.11. The van der Waals surface area contributed by atoms with Crippen LogP contribution in [0.2, 0.25) is 0 Å². The van der Waals surface area contributed by atoms with Gasteiger partial charge in [-0.25, -0.2) is 0 Å². The van der Waals surface area contributed by atoms with E-state index in [2.05, 4.69) is 13.6 Å². The molecule has 124 valence electrons. The summed E-state index contributed by atoms with van der Waals surface area (Å²) in [6.45, 7) is 6.04. The zero-order valence-electron chi connectivity index (χ0n) is 14.4. The van der Waals surface area contributed by atoms with Crippen LogP contribution in [-0.4, -0.2) is 40.7 Å². The molecule has 0 spiro atoms. The van der Waals surface area contributed by atoms with Gasteiger partial charge < -0.3 is 18.9 Å². The van der Waals surface area contributed by atoms with Crippen molar-refractivity contribution in [3.8, 4) is 11.5 Å². The second-order valence-electron chi connectivity index (χ2n) is 6.05. The molecule has 5 heteroatoms. The van der Waals surface area contributed by atoms with E-state index in [9.17, 15) is 0 Å². The van der Waals surface area contributed by atoms with Crippen molar-refractivity contribution in [3.63, 3.8) is 0 Å². The summed E-state index contributed by atoms with van der Waals surface area (Å²) in [5.41, 5.74) is 4.23. The smallest absolute Gasteiger partial charge is 0.223 e. The number of nitrogens with one attached hydrogen (secondary N) is 1.